The van der Waals surface area contributed by atoms with Gasteiger partial charge in [0.15, 0.2) is 0 Å². The van der Waals surface area contributed by atoms with Crippen molar-refractivity contribution in [1.82, 2.24) is 9.88 Å². The molecule has 132 valence electrons. The molecule has 1 aliphatic heterocycles. The zero-order chi connectivity index (χ0) is 17.8. The van der Waals surface area contributed by atoms with Crippen LogP contribution in [0.25, 0.3) is 0 Å². The number of aromatic nitrogens is 1. The largest absolute Gasteiger partial charge is 0.340 e. The summed E-state index contributed by atoms with van der Waals surface area (Å²) in [7, 11) is 0. The number of hydrogen-bond donors (Lipinski definition) is 1. The van der Waals surface area contributed by atoms with Crippen molar-refractivity contribution < 1.29 is 9.18 Å². The predicted molar refractivity (Wildman–Crippen MR) is 97.9 cm³/mol. The van der Waals surface area contributed by atoms with Crippen LogP contribution in [0.3, 0.4) is 0 Å². The average Bonchev–Trinajstić information content (AvgIpc) is 2.65. The van der Waals surface area contributed by atoms with Crippen LogP contribution in [-0.2, 0) is 0 Å². The van der Waals surface area contributed by atoms with Gasteiger partial charge in [0.1, 0.15) is 11.6 Å². The summed E-state index contributed by atoms with van der Waals surface area (Å²) in [5, 5.41) is 3.10. The maximum absolute atomic E-state index is 13.2. The van der Waals surface area contributed by atoms with Crippen molar-refractivity contribution in [1.29, 1.82) is 0 Å². The SMILES string of the molecule is CCC1CCCCN1C(=O)c1ccc(Nc2ccc(F)c(Cl)c2)nc1. The fourth-order valence-corrected chi connectivity index (χ4v) is 3.35. The van der Waals surface area contributed by atoms with Crippen LogP contribution in [-0.4, -0.2) is 28.4 Å². The van der Waals surface area contributed by atoms with Gasteiger partial charge in [-0.05, 0) is 56.0 Å². The Morgan fingerprint density at radius 2 is 2.20 bits per heavy atom. The Morgan fingerprint density at radius 1 is 1.36 bits per heavy atom. The lowest BCUT2D eigenvalue weighted by Crippen LogP contribution is -2.43. The first-order valence-corrected chi connectivity index (χ1v) is 8.95. The van der Waals surface area contributed by atoms with Crippen molar-refractivity contribution >= 4 is 29.0 Å². The number of piperidine rings is 1. The molecule has 4 nitrogen and oxygen atoms in total. The molecule has 2 heterocycles. The van der Waals surface area contributed by atoms with Gasteiger partial charge in [-0.1, -0.05) is 18.5 Å². The van der Waals surface area contributed by atoms with Gasteiger partial charge in [-0.15, -0.1) is 0 Å². The van der Waals surface area contributed by atoms with Gasteiger partial charge in [0.05, 0.1) is 10.6 Å². The van der Waals surface area contributed by atoms with Gasteiger partial charge in [-0.3, -0.25) is 4.79 Å². The molecule has 1 aromatic heterocycles. The topological polar surface area (TPSA) is 45.2 Å². The van der Waals surface area contributed by atoms with Crippen LogP contribution >= 0.6 is 11.6 Å². The average molecular weight is 362 g/mol. The summed E-state index contributed by atoms with van der Waals surface area (Å²) in [4.78, 5) is 19.0. The molecule has 1 atom stereocenters. The number of anilines is 2. The first-order chi connectivity index (χ1) is 12.1. The molecule has 1 unspecified atom stereocenters. The zero-order valence-corrected chi connectivity index (χ0v) is 14.9. The molecule has 0 radical (unpaired) electrons. The molecule has 6 heteroatoms. The van der Waals surface area contributed by atoms with Crippen LogP contribution in [0.5, 0.6) is 0 Å². The van der Waals surface area contributed by atoms with Gasteiger partial charge in [-0.2, -0.15) is 0 Å². The van der Waals surface area contributed by atoms with Crippen LogP contribution in [0.2, 0.25) is 5.02 Å². The van der Waals surface area contributed by atoms with Gasteiger partial charge in [0.25, 0.3) is 5.91 Å². The third kappa shape index (κ3) is 4.10. The van der Waals surface area contributed by atoms with Gasteiger partial charge in [0, 0.05) is 24.5 Å². The third-order valence-corrected chi connectivity index (χ3v) is 4.85. The Balaban J connectivity index is 1.71. The molecule has 0 saturated carbocycles. The van der Waals surface area contributed by atoms with E-state index in [1.807, 2.05) is 4.90 Å². The maximum Gasteiger partial charge on any atom is 0.255 e. The maximum atomic E-state index is 13.2. The standard InChI is InChI=1S/C19H21ClFN3O/c1-2-15-5-3-4-10-24(15)19(25)13-6-9-18(22-12-13)23-14-7-8-17(21)16(20)11-14/h6-9,11-12,15H,2-5,10H2,1H3,(H,22,23). The van der Waals surface area contributed by atoms with E-state index < -0.39 is 5.82 Å². The third-order valence-electron chi connectivity index (χ3n) is 4.56. The van der Waals surface area contributed by atoms with E-state index in [0.29, 0.717) is 23.1 Å². The van der Waals surface area contributed by atoms with Crippen LogP contribution in [0.15, 0.2) is 36.5 Å². The lowest BCUT2D eigenvalue weighted by atomic mass is 9.99. The van der Waals surface area contributed by atoms with E-state index >= 15 is 0 Å². The number of pyridine rings is 1. The van der Waals surface area contributed by atoms with Crippen molar-refractivity contribution in [3.63, 3.8) is 0 Å². The minimum Gasteiger partial charge on any atom is -0.340 e. The van der Waals surface area contributed by atoms with E-state index in [1.165, 1.54) is 18.6 Å². The highest BCUT2D eigenvalue weighted by molar-refractivity contribution is 6.31. The molecule has 2 aromatic rings. The molecule has 1 aromatic carbocycles. The Hall–Kier alpha value is -2.14. The summed E-state index contributed by atoms with van der Waals surface area (Å²) >= 11 is 5.77. The monoisotopic (exact) mass is 361 g/mol. The van der Waals surface area contributed by atoms with E-state index in [9.17, 15) is 9.18 Å². The highest BCUT2D eigenvalue weighted by Crippen LogP contribution is 2.24. The Labute approximate surface area is 152 Å². The first-order valence-electron chi connectivity index (χ1n) is 8.57. The van der Waals surface area contributed by atoms with Crippen LogP contribution in [0, 0.1) is 5.82 Å². The summed E-state index contributed by atoms with van der Waals surface area (Å²) in [6, 6.07) is 8.21. The van der Waals surface area contributed by atoms with Gasteiger partial charge >= 0.3 is 0 Å². The first kappa shape index (κ1) is 17.7. The van der Waals surface area contributed by atoms with Crippen molar-refractivity contribution in [3.8, 4) is 0 Å². The Morgan fingerprint density at radius 3 is 2.88 bits per heavy atom. The smallest absolute Gasteiger partial charge is 0.255 e. The molecular weight excluding hydrogens is 341 g/mol. The Bertz CT molecular complexity index is 751. The van der Waals surface area contributed by atoms with Crippen molar-refractivity contribution in [2.45, 2.75) is 38.6 Å². The number of nitrogens with zero attached hydrogens (tertiary/aromatic N) is 2. The molecule has 25 heavy (non-hydrogen) atoms. The molecule has 1 amide bonds. The molecule has 1 N–H and O–H groups in total. The van der Waals surface area contributed by atoms with Crippen molar-refractivity contribution in [3.05, 3.63) is 52.9 Å². The van der Waals surface area contributed by atoms with E-state index in [0.717, 1.165) is 25.8 Å². The number of carbonyl (C=O) groups excluding carboxylic acids is 1. The number of rotatable bonds is 4. The number of benzene rings is 1. The van der Waals surface area contributed by atoms with Crippen LogP contribution < -0.4 is 5.32 Å². The van der Waals surface area contributed by atoms with E-state index in [-0.39, 0.29) is 10.9 Å². The minimum atomic E-state index is -0.465. The minimum absolute atomic E-state index is 0.0374. The molecule has 0 aliphatic carbocycles. The predicted octanol–water partition coefficient (Wildman–Crippen LogP) is 5.02. The second-order valence-electron chi connectivity index (χ2n) is 6.24. The quantitative estimate of drug-likeness (QED) is 0.831. The highest BCUT2D eigenvalue weighted by atomic mass is 35.5. The number of nitrogens with one attached hydrogen (secondary N) is 1. The van der Waals surface area contributed by atoms with E-state index in [1.54, 1.807) is 24.4 Å². The number of halogens is 2. The summed E-state index contributed by atoms with van der Waals surface area (Å²) in [6.45, 7) is 2.93. The number of hydrogen-bond acceptors (Lipinski definition) is 3. The second-order valence-corrected chi connectivity index (χ2v) is 6.65. The molecule has 1 aliphatic rings. The molecule has 3 rings (SSSR count). The fraction of sp³-hybridized carbons (Fsp3) is 0.368. The molecule has 0 bridgehead atoms. The van der Waals surface area contributed by atoms with Gasteiger partial charge in [0.2, 0.25) is 0 Å². The lowest BCUT2D eigenvalue weighted by molar-refractivity contribution is 0.0607. The molecule has 0 spiro atoms. The Kier molecular flexibility index (Phi) is 5.53. The number of carbonyl (C=O) groups is 1. The van der Waals surface area contributed by atoms with Crippen molar-refractivity contribution in [2.24, 2.45) is 0 Å². The summed E-state index contributed by atoms with van der Waals surface area (Å²) in [6.07, 6.45) is 5.87. The molecular formula is C19H21ClFN3O. The van der Waals surface area contributed by atoms with Crippen LogP contribution in [0.4, 0.5) is 15.9 Å². The number of amides is 1. The van der Waals surface area contributed by atoms with Gasteiger partial charge in [-0.25, -0.2) is 9.37 Å². The fourth-order valence-electron chi connectivity index (χ4n) is 3.17. The molecule has 1 fully saturated rings. The van der Waals surface area contributed by atoms with E-state index in [2.05, 4.69) is 17.2 Å². The summed E-state index contributed by atoms with van der Waals surface area (Å²) in [5.41, 5.74) is 1.23. The van der Waals surface area contributed by atoms with E-state index in [4.69, 9.17) is 11.6 Å². The summed E-state index contributed by atoms with van der Waals surface area (Å²) < 4.78 is 13.2. The number of likely N-dealkylation sites (tertiary alicyclic amines) is 1. The second kappa shape index (κ2) is 7.83. The zero-order valence-electron chi connectivity index (χ0n) is 14.1. The lowest BCUT2D eigenvalue weighted by Gasteiger charge is -2.35. The molecule has 1 saturated heterocycles. The summed E-state index contributed by atoms with van der Waals surface area (Å²) in [5.74, 6) is 0.147. The van der Waals surface area contributed by atoms with Crippen molar-refractivity contribution in [2.75, 3.05) is 11.9 Å². The van der Waals surface area contributed by atoms with Gasteiger partial charge < -0.3 is 10.2 Å². The van der Waals surface area contributed by atoms with Crippen LogP contribution in [0.1, 0.15) is 43.0 Å². The normalized spacial score (nSPS) is 17.4. The highest BCUT2D eigenvalue weighted by Gasteiger charge is 2.26.